The monoisotopic (exact) mass is 137 g/mol. The summed E-state index contributed by atoms with van der Waals surface area (Å²) in [5.41, 5.74) is 1.66. The fraction of sp³-hybridized carbons (Fsp3) is 0.556. The van der Waals surface area contributed by atoms with Gasteiger partial charge in [0.1, 0.15) is 0 Å². The van der Waals surface area contributed by atoms with Crippen LogP contribution in [0.1, 0.15) is 20.8 Å². The first-order valence-electron chi connectivity index (χ1n) is 3.71. The fourth-order valence-electron chi connectivity index (χ4n) is 0.937. The zero-order valence-corrected chi connectivity index (χ0v) is 6.94. The van der Waals surface area contributed by atoms with Crippen LogP contribution >= 0.6 is 0 Å². The minimum atomic E-state index is 0.282. The number of nitrogens with one attached hydrogen (secondary N) is 1. The highest BCUT2D eigenvalue weighted by Gasteiger charge is 2.14. The SMILES string of the molecule is CC(C)(C)C1=CNCC=C1. The van der Waals surface area contributed by atoms with Gasteiger partial charge in [-0.15, -0.1) is 0 Å². The van der Waals surface area contributed by atoms with Crippen molar-refractivity contribution in [1.29, 1.82) is 0 Å². The molecule has 0 atom stereocenters. The Morgan fingerprint density at radius 3 is 2.40 bits per heavy atom. The molecule has 0 radical (unpaired) electrons. The summed E-state index contributed by atoms with van der Waals surface area (Å²) in [5.74, 6) is 0. The van der Waals surface area contributed by atoms with E-state index < -0.39 is 0 Å². The lowest BCUT2D eigenvalue weighted by atomic mass is 9.86. The van der Waals surface area contributed by atoms with Crippen molar-refractivity contribution in [3.63, 3.8) is 0 Å². The van der Waals surface area contributed by atoms with Crippen molar-refractivity contribution in [1.82, 2.24) is 5.32 Å². The highest BCUT2D eigenvalue weighted by atomic mass is 14.8. The van der Waals surface area contributed by atoms with E-state index in [2.05, 4.69) is 44.4 Å². The third-order valence-electron chi connectivity index (χ3n) is 1.66. The van der Waals surface area contributed by atoms with Crippen LogP contribution in [0, 0.1) is 5.41 Å². The lowest BCUT2D eigenvalue weighted by molar-refractivity contribution is 0.510. The summed E-state index contributed by atoms with van der Waals surface area (Å²) < 4.78 is 0. The molecule has 1 rings (SSSR count). The van der Waals surface area contributed by atoms with Crippen LogP contribution in [0.25, 0.3) is 0 Å². The van der Waals surface area contributed by atoms with Gasteiger partial charge < -0.3 is 5.32 Å². The van der Waals surface area contributed by atoms with Crippen LogP contribution in [0.2, 0.25) is 0 Å². The van der Waals surface area contributed by atoms with Gasteiger partial charge in [-0.3, -0.25) is 0 Å². The molecule has 0 amide bonds. The summed E-state index contributed by atoms with van der Waals surface area (Å²) in [5, 5.41) is 3.19. The molecule has 0 spiro atoms. The average Bonchev–Trinajstić information content (AvgIpc) is 1.88. The molecule has 1 aliphatic heterocycles. The summed E-state index contributed by atoms with van der Waals surface area (Å²) in [6, 6.07) is 0. The highest BCUT2D eigenvalue weighted by molar-refractivity contribution is 5.26. The molecular weight excluding hydrogens is 122 g/mol. The first kappa shape index (κ1) is 7.39. The van der Waals surface area contributed by atoms with E-state index in [0.717, 1.165) is 6.54 Å². The van der Waals surface area contributed by atoms with E-state index >= 15 is 0 Å². The number of rotatable bonds is 0. The first-order chi connectivity index (χ1) is 4.61. The van der Waals surface area contributed by atoms with E-state index in [0.29, 0.717) is 0 Å². The highest BCUT2D eigenvalue weighted by Crippen LogP contribution is 2.26. The van der Waals surface area contributed by atoms with Gasteiger partial charge in [-0.25, -0.2) is 0 Å². The van der Waals surface area contributed by atoms with Crippen LogP contribution < -0.4 is 5.32 Å². The van der Waals surface area contributed by atoms with E-state index in [9.17, 15) is 0 Å². The van der Waals surface area contributed by atoms with E-state index in [1.54, 1.807) is 0 Å². The number of hydrogen-bond acceptors (Lipinski definition) is 1. The normalized spacial score (nSPS) is 18.1. The molecule has 0 aromatic heterocycles. The second-order valence-corrected chi connectivity index (χ2v) is 3.66. The Labute approximate surface area is 62.8 Å². The molecule has 0 fully saturated rings. The maximum Gasteiger partial charge on any atom is 0.0328 e. The Morgan fingerprint density at radius 2 is 2.10 bits per heavy atom. The molecule has 0 aliphatic carbocycles. The third kappa shape index (κ3) is 1.63. The topological polar surface area (TPSA) is 12.0 Å². The van der Waals surface area contributed by atoms with Gasteiger partial charge in [-0.1, -0.05) is 32.9 Å². The Bertz CT molecular complexity index is 170. The average molecular weight is 137 g/mol. The summed E-state index contributed by atoms with van der Waals surface area (Å²) >= 11 is 0. The third-order valence-corrected chi connectivity index (χ3v) is 1.66. The zero-order chi connectivity index (χ0) is 7.61. The molecule has 0 aromatic carbocycles. The molecule has 0 bridgehead atoms. The predicted molar refractivity (Wildman–Crippen MR) is 44.7 cm³/mol. The van der Waals surface area contributed by atoms with Crippen molar-refractivity contribution < 1.29 is 0 Å². The minimum Gasteiger partial charge on any atom is -0.387 e. The second kappa shape index (κ2) is 2.49. The van der Waals surface area contributed by atoms with E-state index in [4.69, 9.17) is 0 Å². The molecular formula is C9H15N. The van der Waals surface area contributed by atoms with E-state index in [-0.39, 0.29) is 5.41 Å². The van der Waals surface area contributed by atoms with Gasteiger partial charge in [0.25, 0.3) is 0 Å². The molecule has 0 saturated carbocycles. The Balaban J connectivity index is 2.73. The van der Waals surface area contributed by atoms with Gasteiger partial charge >= 0.3 is 0 Å². The van der Waals surface area contributed by atoms with Gasteiger partial charge in [0.15, 0.2) is 0 Å². The minimum absolute atomic E-state index is 0.282. The van der Waals surface area contributed by atoms with Crippen LogP contribution in [0.5, 0.6) is 0 Å². The van der Waals surface area contributed by atoms with Crippen molar-refractivity contribution in [2.45, 2.75) is 20.8 Å². The molecule has 1 heterocycles. The Hall–Kier alpha value is -0.720. The van der Waals surface area contributed by atoms with Gasteiger partial charge in [-0.2, -0.15) is 0 Å². The molecule has 0 unspecified atom stereocenters. The lowest BCUT2D eigenvalue weighted by Gasteiger charge is -2.22. The van der Waals surface area contributed by atoms with Crippen molar-refractivity contribution in [2.75, 3.05) is 6.54 Å². The van der Waals surface area contributed by atoms with Crippen LogP contribution in [0.3, 0.4) is 0 Å². The maximum absolute atomic E-state index is 3.19. The molecule has 1 heteroatoms. The molecule has 1 nitrogen and oxygen atoms in total. The van der Waals surface area contributed by atoms with Crippen LogP contribution in [0.4, 0.5) is 0 Å². The standard InChI is InChI=1S/C9H15N/c1-9(2,3)8-5-4-6-10-7-8/h4-5,7,10H,6H2,1-3H3. The van der Waals surface area contributed by atoms with Crippen LogP contribution in [-0.4, -0.2) is 6.54 Å². The first-order valence-corrected chi connectivity index (χ1v) is 3.71. The fourth-order valence-corrected chi connectivity index (χ4v) is 0.937. The Kier molecular flexibility index (Phi) is 1.84. The number of dihydropyridines is 1. The van der Waals surface area contributed by atoms with Gasteiger partial charge in [0.2, 0.25) is 0 Å². The largest absolute Gasteiger partial charge is 0.387 e. The van der Waals surface area contributed by atoms with Gasteiger partial charge in [-0.05, 0) is 11.0 Å². The molecule has 1 N–H and O–H groups in total. The van der Waals surface area contributed by atoms with E-state index in [1.807, 2.05) is 0 Å². The molecule has 0 saturated heterocycles. The van der Waals surface area contributed by atoms with Crippen molar-refractivity contribution in [3.05, 3.63) is 23.9 Å². The zero-order valence-electron chi connectivity index (χ0n) is 6.94. The molecule has 1 aliphatic rings. The molecule has 56 valence electrons. The number of hydrogen-bond donors (Lipinski definition) is 1. The molecule has 0 aromatic rings. The predicted octanol–water partition coefficient (Wildman–Crippen LogP) is 2.08. The van der Waals surface area contributed by atoms with Crippen LogP contribution in [0.15, 0.2) is 23.9 Å². The summed E-state index contributed by atoms with van der Waals surface area (Å²) in [6.07, 6.45) is 6.44. The maximum atomic E-state index is 3.19. The lowest BCUT2D eigenvalue weighted by Crippen LogP contribution is -2.16. The van der Waals surface area contributed by atoms with Gasteiger partial charge in [0, 0.05) is 12.7 Å². The number of allylic oxidation sites excluding steroid dienone is 2. The Morgan fingerprint density at radius 1 is 1.40 bits per heavy atom. The summed E-state index contributed by atoms with van der Waals surface area (Å²) in [4.78, 5) is 0. The quantitative estimate of drug-likeness (QED) is 0.539. The summed E-state index contributed by atoms with van der Waals surface area (Å²) in [7, 11) is 0. The van der Waals surface area contributed by atoms with Crippen molar-refractivity contribution in [3.8, 4) is 0 Å². The smallest absolute Gasteiger partial charge is 0.0328 e. The molecule has 10 heavy (non-hydrogen) atoms. The van der Waals surface area contributed by atoms with Crippen molar-refractivity contribution >= 4 is 0 Å². The van der Waals surface area contributed by atoms with Crippen molar-refractivity contribution in [2.24, 2.45) is 5.41 Å². The summed E-state index contributed by atoms with van der Waals surface area (Å²) in [6.45, 7) is 7.63. The van der Waals surface area contributed by atoms with Crippen LogP contribution in [-0.2, 0) is 0 Å². The van der Waals surface area contributed by atoms with E-state index in [1.165, 1.54) is 5.57 Å². The van der Waals surface area contributed by atoms with Gasteiger partial charge in [0.05, 0.1) is 0 Å². The second-order valence-electron chi connectivity index (χ2n) is 3.66.